The van der Waals surface area contributed by atoms with Gasteiger partial charge in [-0.3, -0.25) is 0 Å². The summed E-state index contributed by atoms with van der Waals surface area (Å²) < 4.78 is 0. The smallest absolute Gasteiger partial charge is 0.0547 e. The Morgan fingerprint density at radius 1 is 1.24 bits per heavy atom. The summed E-state index contributed by atoms with van der Waals surface area (Å²) in [5, 5.41) is 3.64. The first-order valence-electron chi connectivity index (χ1n) is 7.82. The van der Waals surface area contributed by atoms with E-state index in [4.69, 9.17) is 5.73 Å². The number of nitrogens with two attached hydrogens (primary N) is 1. The summed E-state index contributed by atoms with van der Waals surface area (Å²) in [6, 6.07) is 8.97. The Bertz CT molecular complexity index is 552. The maximum atomic E-state index is 5.71. The maximum Gasteiger partial charge on any atom is 0.0547 e. The van der Waals surface area contributed by atoms with E-state index in [1.165, 1.54) is 22.3 Å². The van der Waals surface area contributed by atoms with Crippen molar-refractivity contribution in [2.75, 3.05) is 13.1 Å². The van der Waals surface area contributed by atoms with Crippen LogP contribution in [0.1, 0.15) is 37.4 Å². The van der Waals surface area contributed by atoms with Crippen LogP contribution in [0.3, 0.4) is 0 Å². The number of benzene rings is 1. The molecule has 0 aliphatic heterocycles. The minimum Gasteiger partial charge on any atom is -0.329 e. The highest BCUT2D eigenvalue weighted by atomic mass is 14.9. The van der Waals surface area contributed by atoms with Crippen molar-refractivity contribution in [3.63, 3.8) is 0 Å². The average molecular weight is 282 g/mol. The number of nitrogens with one attached hydrogen (secondary N) is 1. The van der Waals surface area contributed by atoms with Gasteiger partial charge in [0.2, 0.25) is 0 Å². The van der Waals surface area contributed by atoms with E-state index in [0.717, 1.165) is 19.4 Å². The molecule has 0 saturated carbocycles. The third-order valence-corrected chi connectivity index (χ3v) is 4.03. The van der Waals surface area contributed by atoms with Crippen LogP contribution < -0.4 is 11.1 Å². The average Bonchev–Trinajstić information content (AvgIpc) is 2.73. The molecule has 0 heterocycles. The number of hydrogen-bond donors (Lipinski definition) is 2. The lowest BCUT2D eigenvalue weighted by Gasteiger charge is -2.25. The van der Waals surface area contributed by atoms with E-state index in [9.17, 15) is 0 Å². The Labute approximate surface area is 128 Å². The number of rotatable bonds is 6. The Morgan fingerprint density at radius 3 is 2.81 bits per heavy atom. The topological polar surface area (TPSA) is 38.0 Å². The largest absolute Gasteiger partial charge is 0.329 e. The van der Waals surface area contributed by atoms with Crippen LogP contribution >= 0.6 is 0 Å². The van der Waals surface area contributed by atoms with Gasteiger partial charge in [0.25, 0.3) is 0 Å². The van der Waals surface area contributed by atoms with Gasteiger partial charge in [0, 0.05) is 13.1 Å². The van der Waals surface area contributed by atoms with Crippen LogP contribution in [0.5, 0.6) is 0 Å². The Hall–Kier alpha value is -1.64. The molecule has 2 nitrogen and oxygen atoms in total. The molecule has 2 heteroatoms. The third kappa shape index (κ3) is 3.93. The van der Waals surface area contributed by atoms with Crippen LogP contribution in [0, 0.1) is 0 Å². The zero-order chi connectivity index (χ0) is 15.1. The lowest BCUT2D eigenvalue weighted by molar-refractivity contribution is 0.587. The van der Waals surface area contributed by atoms with E-state index in [1.54, 1.807) is 0 Å². The molecule has 2 rings (SSSR count). The van der Waals surface area contributed by atoms with Gasteiger partial charge in [-0.15, -0.1) is 0 Å². The molecule has 0 aromatic heterocycles. The predicted octanol–water partition coefficient (Wildman–Crippen LogP) is 3.67. The highest BCUT2D eigenvalue weighted by Crippen LogP contribution is 2.31. The van der Waals surface area contributed by atoms with Crippen LogP contribution in [-0.4, -0.2) is 13.1 Å². The van der Waals surface area contributed by atoms with Gasteiger partial charge in [-0.05, 0) is 42.0 Å². The number of hydrogen-bond acceptors (Lipinski definition) is 2. The zero-order valence-electron chi connectivity index (χ0n) is 13.1. The van der Waals surface area contributed by atoms with Crippen molar-refractivity contribution in [3.05, 3.63) is 70.8 Å². The molecule has 0 fully saturated rings. The summed E-state index contributed by atoms with van der Waals surface area (Å²) in [5.74, 6) is 0. The molecule has 1 aromatic rings. The van der Waals surface area contributed by atoms with E-state index in [-0.39, 0.29) is 6.04 Å². The molecule has 1 atom stereocenters. The first kappa shape index (κ1) is 15.7. The molecule has 0 amide bonds. The molecule has 0 saturated heterocycles. The van der Waals surface area contributed by atoms with Gasteiger partial charge < -0.3 is 11.1 Å². The van der Waals surface area contributed by atoms with E-state index in [0.29, 0.717) is 6.54 Å². The molecule has 0 bridgehead atoms. The van der Waals surface area contributed by atoms with E-state index >= 15 is 0 Å². The summed E-state index contributed by atoms with van der Waals surface area (Å²) in [5.41, 5.74) is 11.3. The minimum absolute atomic E-state index is 0.247. The molecule has 3 N–H and O–H groups in total. The summed E-state index contributed by atoms with van der Waals surface area (Å²) in [6.07, 6.45) is 10.7. The van der Waals surface area contributed by atoms with Gasteiger partial charge in [-0.1, -0.05) is 55.5 Å². The molecular weight excluding hydrogens is 256 g/mol. The highest BCUT2D eigenvalue weighted by Gasteiger charge is 2.19. The second-order valence-electron chi connectivity index (χ2n) is 5.43. The fraction of sp³-hybridized carbons (Fsp3) is 0.368. The van der Waals surface area contributed by atoms with Crippen LogP contribution in [0.4, 0.5) is 0 Å². The molecule has 21 heavy (non-hydrogen) atoms. The fourth-order valence-corrected chi connectivity index (χ4v) is 2.87. The molecule has 1 aliphatic rings. The first-order valence-corrected chi connectivity index (χ1v) is 7.82. The van der Waals surface area contributed by atoms with Crippen LogP contribution in [0.2, 0.25) is 0 Å². The zero-order valence-corrected chi connectivity index (χ0v) is 13.1. The van der Waals surface area contributed by atoms with Crippen molar-refractivity contribution < 1.29 is 0 Å². The molecule has 1 aromatic carbocycles. The van der Waals surface area contributed by atoms with Gasteiger partial charge in [-0.2, -0.15) is 0 Å². The Kier molecular flexibility index (Phi) is 5.97. The van der Waals surface area contributed by atoms with Crippen molar-refractivity contribution in [2.45, 2.75) is 32.7 Å². The van der Waals surface area contributed by atoms with Gasteiger partial charge >= 0.3 is 0 Å². The fourth-order valence-electron chi connectivity index (χ4n) is 2.87. The normalized spacial score (nSPS) is 16.1. The first-order chi connectivity index (χ1) is 10.3. The molecule has 1 unspecified atom stereocenters. The second kappa shape index (κ2) is 7.96. The van der Waals surface area contributed by atoms with Crippen molar-refractivity contribution in [1.82, 2.24) is 5.32 Å². The van der Waals surface area contributed by atoms with Gasteiger partial charge in [0.1, 0.15) is 0 Å². The highest BCUT2D eigenvalue weighted by molar-refractivity contribution is 5.41. The molecule has 1 aliphatic carbocycles. The second-order valence-corrected chi connectivity index (χ2v) is 5.43. The Balaban J connectivity index is 2.43. The standard InChI is InChI=1S/C19H26N2/c1-3-16-10-7-8-12-18(16)19(21-14-13-20)17-11-6-4-5-9-15(17)2/h4-10,12,19,21H,3,11,13-14,20H2,1-2H3. The summed E-state index contributed by atoms with van der Waals surface area (Å²) in [7, 11) is 0. The molecule has 0 radical (unpaired) electrons. The lowest BCUT2D eigenvalue weighted by Crippen LogP contribution is -2.29. The SMILES string of the molecule is CCc1ccccc1C(NCCN)C1=C(C)C=CC=CC1. The summed E-state index contributed by atoms with van der Waals surface area (Å²) >= 11 is 0. The van der Waals surface area contributed by atoms with Crippen molar-refractivity contribution in [2.24, 2.45) is 5.73 Å². The van der Waals surface area contributed by atoms with Crippen molar-refractivity contribution in [1.29, 1.82) is 0 Å². The van der Waals surface area contributed by atoms with E-state index in [1.807, 2.05) is 0 Å². The van der Waals surface area contributed by atoms with Gasteiger partial charge in [0.05, 0.1) is 6.04 Å². The quantitative estimate of drug-likeness (QED) is 0.835. The van der Waals surface area contributed by atoms with E-state index < -0.39 is 0 Å². The lowest BCUT2D eigenvalue weighted by atomic mass is 9.89. The molecule has 0 spiro atoms. The van der Waals surface area contributed by atoms with Crippen LogP contribution in [0.25, 0.3) is 0 Å². The number of allylic oxidation sites excluding steroid dienone is 5. The maximum absolute atomic E-state index is 5.71. The van der Waals surface area contributed by atoms with Gasteiger partial charge in [0.15, 0.2) is 0 Å². The minimum atomic E-state index is 0.247. The summed E-state index contributed by atoms with van der Waals surface area (Å²) in [6.45, 7) is 5.90. The van der Waals surface area contributed by atoms with Crippen molar-refractivity contribution >= 4 is 0 Å². The summed E-state index contributed by atoms with van der Waals surface area (Å²) in [4.78, 5) is 0. The predicted molar refractivity (Wildman–Crippen MR) is 91.2 cm³/mol. The molecule has 112 valence electrons. The Morgan fingerprint density at radius 2 is 2.05 bits per heavy atom. The van der Waals surface area contributed by atoms with Crippen LogP contribution in [0.15, 0.2) is 59.7 Å². The monoisotopic (exact) mass is 282 g/mol. The van der Waals surface area contributed by atoms with Crippen LogP contribution in [-0.2, 0) is 6.42 Å². The molecular formula is C19H26N2. The third-order valence-electron chi connectivity index (χ3n) is 4.03. The number of aryl methyl sites for hydroxylation is 1. The van der Waals surface area contributed by atoms with E-state index in [2.05, 4.69) is 67.7 Å². The van der Waals surface area contributed by atoms with Crippen molar-refractivity contribution in [3.8, 4) is 0 Å². The van der Waals surface area contributed by atoms with Gasteiger partial charge in [-0.25, -0.2) is 0 Å².